The summed E-state index contributed by atoms with van der Waals surface area (Å²) < 4.78 is 6.52. The lowest BCUT2D eigenvalue weighted by molar-refractivity contribution is 0.0592. The quantitative estimate of drug-likeness (QED) is 0.778. The van der Waals surface area contributed by atoms with E-state index in [0.717, 1.165) is 12.1 Å². The van der Waals surface area contributed by atoms with Gasteiger partial charge in [0, 0.05) is 18.9 Å². The molecule has 2 heterocycles. The van der Waals surface area contributed by atoms with Crippen molar-refractivity contribution in [1.29, 1.82) is 0 Å². The Morgan fingerprint density at radius 2 is 2.05 bits per heavy atom. The van der Waals surface area contributed by atoms with Gasteiger partial charge in [-0.3, -0.25) is 4.98 Å². The van der Waals surface area contributed by atoms with Crippen molar-refractivity contribution in [1.82, 2.24) is 20.0 Å². The molecule has 2 aromatic rings. The maximum absolute atomic E-state index is 11.7. The second-order valence-electron chi connectivity index (χ2n) is 4.80. The molecular weight excluding hydrogens is 256 g/mol. The van der Waals surface area contributed by atoms with Crippen LogP contribution < -0.4 is 0 Å². The highest BCUT2D eigenvalue weighted by Crippen LogP contribution is 2.18. The zero-order valence-corrected chi connectivity index (χ0v) is 11.9. The van der Waals surface area contributed by atoms with Crippen molar-refractivity contribution in [2.24, 2.45) is 0 Å². The van der Waals surface area contributed by atoms with E-state index in [0.29, 0.717) is 12.2 Å². The van der Waals surface area contributed by atoms with Crippen LogP contribution in [0.3, 0.4) is 0 Å². The van der Waals surface area contributed by atoms with Gasteiger partial charge in [-0.15, -0.1) is 5.10 Å². The second kappa shape index (κ2) is 6.27. The van der Waals surface area contributed by atoms with Gasteiger partial charge in [-0.25, -0.2) is 9.48 Å². The van der Waals surface area contributed by atoms with Crippen molar-refractivity contribution in [3.8, 4) is 0 Å². The van der Waals surface area contributed by atoms with Crippen LogP contribution in [0.15, 0.2) is 24.5 Å². The molecule has 0 spiro atoms. The van der Waals surface area contributed by atoms with Crippen molar-refractivity contribution >= 4 is 5.97 Å². The summed E-state index contributed by atoms with van der Waals surface area (Å²) >= 11 is 0. The molecule has 0 radical (unpaired) electrons. The number of esters is 1. The van der Waals surface area contributed by atoms with Crippen molar-refractivity contribution in [3.05, 3.63) is 41.5 Å². The van der Waals surface area contributed by atoms with Gasteiger partial charge in [0.2, 0.25) is 0 Å². The summed E-state index contributed by atoms with van der Waals surface area (Å²) in [5.74, 6) is -0.291. The molecule has 6 heteroatoms. The topological polar surface area (TPSA) is 69.9 Å². The molecular formula is C14H18N4O2. The number of rotatable bonds is 5. The van der Waals surface area contributed by atoms with Gasteiger partial charge < -0.3 is 4.74 Å². The fourth-order valence-corrected chi connectivity index (χ4v) is 2.08. The molecule has 0 saturated heterocycles. The van der Waals surface area contributed by atoms with Gasteiger partial charge in [0.15, 0.2) is 5.69 Å². The number of methoxy groups -OCH3 is 1. The van der Waals surface area contributed by atoms with Gasteiger partial charge in [-0.1, -0.05) is 19.1 Å². The summed E-state index contributed by atoms with van der Waals surface area (Å²) in [6.07, 6.45) is 4.34. The van der Waals surface area contributed by atoms with E-state index in [4.69, 9.17) is 4.74 Å². The van der Waals surface area contributed by atoms with Gasteiger partial charge in [0.25, 0.3) is 0 Å². The molecule has 0 unspecified atom stereocenters. The van der Waals surface area contributed by atoms with E-state index in [1.165, 1.54) is 12.7 Å². The Morgan fingerprint density at radius 1 is 1.35 bits per heavy atom. The number of ether oxygens (including phenoxy) is 1. The minimum Gasteiger partial charge on any atom is -0.464 e. The molecule has 0 amide bonds. The van der Waals surface area contributed by atoms with Crippen LogP contribution >= 0.6 is 0 Å². The largest absolute Gasteiger partial charge is 0.464 e. The van der Waals surface area contributed by atoms with Crippen molar-refractivity contribution < 1.29 is 9.53 Å². The highest BCUT2D eigenvalue weighted by Gasteiger charge is 2.22. The first kappa shape index (κ1) is 14.2. The van der Waals surface area contributed by atoms with Gasteiger partial charge in [-0.05, 0) is 30.0 Å². The van der Waals surface area contributed by atoms with Crippen molar-refractivity contribution in [3.63, 3.8) is 0 Å². The number of aryl methyl sites for hydroxylation is 2. The molecule has 0 aliphatic heterocycles. The second-order valence-corrected chi connectivity index (χ2v) is 4.80. The summed E-state index contributed by atoms with van der Waals surface area (Å²) in [7, 11) is 1.35. The van der Waals surface area contributed by atoms with Crippen LogP contribution in [0.5, 0.6) is 0 Å². The number of hydrogen-bond acceptors (Lipinski definition) is 5. The van der Waals surface area contributed by atoms with E-state index in [1.54, 1.807) is 17.1 Å². The third-order valence-corrected chi connectivity index (χ3v) is 3.06. The number of nitrogens with zero attached hydrogens (tertiary/aromatic N) is 4. The maximum Gasteiger partial charge on any atom is 0.360 e. The Labute approximate surface area is 117 Å². The Hall–Kier alpha value is -2.24. The first-order chi connectivity index (χ1) is 9.63. The zero-order valence-electron chi connectivity index (χ0n) is 11.9. The SMILES string of the molecule is COC(=O)c1nnn(CCc2ccncc2)c1C(C)C. The summed E-state index contributed by atoms with van der Waals surface area (Å²) in [6, 6.07) is 3.93. The fourth-order valence-electron chi connectivity index (χ4n) is 2.08. The van der Waals surface area contributed by atoms with Crippen LogP contribution in [-0.2, 0) is 17.7 Å². The van der Waals surface area contributed by atoms with E-state index in [9.17, 15) is 4.79 Å². The third kappa shape index (κ3) is 3.01. The highest BCUT2D eigenvalue weighted by atomic mass is 16.5. The number of aromatic nitrogens is 4. The van der Waals surface area contributed by atoms with Gasteiger partial charge >= 0.3 is 5.97 Å². The fraction of sp³-hybridized carbons (Fsp3) is 0.429. The van der Waals surface area contributed by atoms with Crippen molar-refractivity contribution in [2.75, 3.05) is 7.11 Å². The monoisotopic (exact) mass is 274 g/mol. The molecule has 2 aromatic heterocycles. The van der Waals surface area contributed by atoms with Crippen LogP contribution in [0.25, 0.3) is 0 Å². The summed E-state index contributed by atoms with van der Waals surface area (Å²) in [5.41, 5.74) is 2.29. The van der Waals surface area contributed by atoms with Gasteiger partial charge in [0.05, 0.1) is 12.8 Å². The molecule has 6 nitrogen and oxygen atoms in total. The van der Waals surface area contributed by atoms with E-state index < -0.39 is 5.97 Å². The Bertz CT molecular complexity index is 578. The third-order valence-electron chi connectivity index (χ3n) is 3.06. The molecule has 2 rings (SSSR count). The molecule has 0 fully saturated rings. The van der Waals surface area contributed by atoms with Crippen LogP contribution in [0.4, 0.5) is 0 Å². The Morgan fingerprint density at radius 3 is 2.65 bits per heavy atom. The predicted molar refractivity (Wildman–Crippen MR) is 73.4 cm³/mol. The Balaban J connectivity index is 2.19. The van der Waals surface area contributed by atoms with Gasteiger partial charge in [0.1, 0.15) is 0 Å². The molecule has 0 bridgehead atoms. The molecule has 106 valence electrons. The maximum atomic E-state index is 11.7. The van der Waals surface area contributed by atoms with E-state index in [-0.39, 0.29) is 5.92 Å². The number of hydrogen-bond donors (Lipinski definition) is 0. The molecule has 0 atom stereocenters. The minimum absolute atomic E-state index is 0.150. The van der Waals surface area contributed by atoms with Gasteiger partial charge in [-0.2, -0.15) is 0 Å². The summed E-state index contributed by atoms with van der Waals surface area (Å²) in [5, 5.41) is 8.02. The van der Waals surface area contributed by atoms with E-state index in [1.807, 2.05) is 26.0 Å². The van der Waals surface area contributed by atoms with E-state index >= 15 is 0 Å². The standard InChI is InChI=1S/C14H18N4O2/c1-10(2)13-12(14(19)20-3)16-17-18(13)9-6-11-4-7-15-8-5-11/h4-5,7-8,10H,6,9H2,1-3H3. The number of carbonyl (C=O) groups excluding carboxylic acids is 1. The molecule has 0 aromatic carbocycles. The first-order valence-corrected chi connectivity index (χ1v) is 6.54. The van der Waals surface area contributed by atoms with Crippen LogP contribution in [0, 0.1) is 0 Å². The minimum atomic E-state index is -0.441. The number of carbonyl (C=O) groups is 1. The molecule has 0 saturated carbocycles. The highest BCUT2D eigenvalue weighted by molar-refractivity contribution is 5.88. The molecule has 0 N–H and O–H groups in total. The van der Waals surface area contributed by atoms with Crippen LogP contribution in [0.2, 0.25) is 0 Å². The summed E-state index contributed by atoms with van der Waals surface area (Å²) in [4.78, 5) is 15.7. The first-order valence-electron chi connectivity index (χ1n) is 6.54. The number of pyridine rings is 1. The van der Waals surface area contributed by atoms with Crippen molar-refractivity contribution in [2.45, 2.75) is 32.7 Å². The predicted octanol–water partition coefficient (Wildman–Crippen LogP) is 1.83. The van der Waals surface area contributed by atoms with E-state index in [2.05, 4.69) is 15.3 Å². The van der Waals surface area contributed by atoms with Crippen LogP contribution in [0.1, 0.15) is 41.5 Å². The molecule has 20 heavy (non-hydrogen) atoms. The van der Waals surface area contributed by atoms with Crippen LogP contribution in [-0.4, -0.2) is 33.1 Å². The Kier molecular flexibility index (Phi) is 4.45. The molecule has 0 aliphatic rings. The lowest BCUT2D eigenvalue weighted by Gasteiger charge is -2.10. The smallest absolute Gasteiger partial charge is 0.360 e. The zero-order chi connectivity index (χ0) is 14.5. The average molecular weight is 274 g/mol. The lowest BCUT2D eigenvalue weighted by Crippen LogP contribution is -2.12. The average Bonchev–Trinajstić information content (AvgIpc) is 2.89. The normalized spacial score (nSPS) is 10.8. The summed E-state index contributed by atoms with van der Waals surface area (Å²) in [6.45, 7) is 4.68. The lowest BCUT2D eigenvalue weighted by atomic mass is 10.1. The molecule has 0 aliphatic carbocycles.